The van der Waals surface area contributed by atoms with Crippen molar-refractivity contribution in [1.29, 1.82) is 5.26 Å². The van der Waals surface area contributed by atoms with Crippen molar-refractivity contribution in [3.05, 3.63) is 0 Å². The van der Waals surface area contributed by atoms with Crippen LogP contribution < -0.4 is 0 Å². The third-order valence-electron chi connectivity index (χ3n) is 3.98. The first-order valence-electron chi connectivity index (χ1n) is 6.54. The molecule has 3 unspecified atom stereocenters. The molecule has 0 aromatic rings. The zero-order valence-corrected chi connectivity index (χ0v) is 11.0. The summed E-state index contributed by atoms with van der Waals surface area (Å²) in [6.45, 7) is 2.09. The smallest absolute Gasteiger partial charge is 0.302 e. The van der Waals surface area contributed by atoms with Crippen molar-refractivity contribution in [1.82, 2.24) is 4.90 Å². The molecule has 0 aliphatic heterocycles. The van der Waals surface area contributed by atoms with Crippen LogP contribution in [-0.2, 0) is 0 Å². The van der Waals surface area contributed by atoms with Gasteiger partial charge in [0.05, 0.1) is 18.4 Å². The molecule has 0 amide bonds. The zero-order valence-electron chi connectivity index (χ0n) is 11.0. The lowest BCUT2D eigenvalue weighted by Crippen LogP contribution is -2.43. The van der Waals surface area contributed by atoms with Crippen molar-refractivity contribution < 1.29 is 13.2 Å². The molecule has 5 heteroatoms. The Kier molecular flexibility index (Phi) is 5.46. The lowest BCUT2D eigenvalue weighted by Gasteiger charge is -2.38. The zero-order chi connectivity index (χ0) is 13.8. The Morgan fingerprint density at radius 3 is 2.50 bits per heavy atom. The SMILES string of the molecule is CCC1CCC(C#N)C(N(C)CCC(F)(F)F)C1. The van der Waals surface area contributed by atoms with Crippen LogP contribution in [0.3, 0.4) is 0 Å². The van der Waals surface area contributed by atoms with Crippen LogP contribution in [0.25, 0.3) is 0 Å². The van der Waals surface area contributed by atoms with Crippen LogP contribution in [0.4, 0.5) is 13.2 Å². The summed E-state index contributed by atoms with van der Waals surface area (Å²) in [5, 5.41) is 9.10. The maximum absolute atomic E-state index is 12.2. The molecular weight excluding hydrogens is 241 g/mol. The van der Waals surface area contributed by atoms with Crippen molar-refractivity contribution >= 4 is 0 Å². The van der Waals surface area contributed by atoms with E-state index in [-0.39, 0.29) is 18.5 Å². The van der Waals surface area contributed by atoms with E-state index in [0.29, 0.717) is 5.92 Å². The molecule has 0 radical (unpaired) electrons. The monoisotopic (exact) mass is 262 g/mol. The summed E-state index contributed by atoms with van der Waals surface area (Å²) >= 11 is 0. The van der Waals surface area contributed by atoms with E-state index in [0.717, 1.165) is 25.7 Å². The molecule has 1 rings (SSSR count). The van der Waals surface area contributed by atoms with Gasteiger partial charge in [-0.25, -0.2) is 0 Å². The fourth-order valence-electron chi connectivity index (χ4n) is 2.71. The highest BCUT2D eigenvalue weighted by Gasteiger charge is 2.34. The average Bonchev–Trinajstić information content (AvgIpc) is 2.34. The van der Waals surface area contributed by atoms with Gasteiger partial charge in [-0.3, -0.25) is 0 Å². The quantitative estimate of drug-likeness (QED) is 0.774. The second-order valence-electron chi connectivity index (χ2n) is 5.24. The Morgan fingerprint density at radius 2 is 2.00 bits per heavy atom. The molecule has 0 bridgehead atoms. The van der Waals surface area contributed by atoms with Crippen molar-refractivity contribution in [3.8, 4) is 6.07 Å². The highest BCUT2D eigenvalue weighted by Crippen LogP contribution is 2.33. The molecule has 0 saturated heterocycles. The van der Waals surface area contributed by atoms with Crippen molar-refractivity contribution in [2.45, 2.75) is 51.2 Å². The minimum Gasteiger partial charge on any atom is -0.302 e. The summed E-state index contributed by atoms with van der Waals surface area (Å²) in [4.78, 5) is 1.73. The van der Waals surface area contributed by atoms with Crippen LogP contribution in [0, 0.1) is 23.2 Å². The molecule has 1 saturated carbocycles. The maximum Gasteiger partial charge on any atom is 0.390 e. The molecular formula is C13H21F3N2. The van der Waals surface area contributed by atoms with Crippen molar-refractivity contribution in [2.24, 2.45) is 11.8 Å². The molecule has 3 atom stereocenters. The second kappa shape index (κ2) is 6.42. The van der Waals surface area contributed by atoms with Gasteiger partial charge in [-0.15, -0.1) is 0 Å². The Balaban J connectivity index is 2.56. The normalized spacial score (nSPS) is 29.3. The summed E-state index contributed by atoms with van der Waals surface area (Å²) in [6, 6.07) is 2.24. The molecule has 1 fully saturated rings. The molecule has 0 aromatic carbocycles. The van der Waals surface area contributed by atoms with Gasteiger partial charge in [0, 0.05) is 12.6 Å². The summed E-state index contributed by atoms with van der Waals surface area (Å²) < 4.78 is 36.6. The fraction of sp³-hybridized carbons (Fsp3) is 0.923. The molecule has 104 valence electrons. The van der Waals surface area contributed by atoms with E-state index in [1.807, 2.05) is 0 Å². The molecule has 18 heavy (non-hydrogen) atoms. The van der Waals surface area contributed by atoms with Gasteiger partial charge in [0.15, 0.2) is 0 Å². The van der Waals surface area contributed by atoms with E-state index >= 15 is 0 Å². The Morgan fingerprint density at radius 1 is 1.33 bits per heavy atom. The number of nitrogens with zero attached hydrogens (tertiary/aromatic N) is 2. The highest BCUT2D eigenvalue weighted by atomic mass is 19.4. The van der Waals surface area contributed by atoms with Gasteiger partial charge < -0.3 is 4.90 Å². The average molecular weight is 262 g/mol. The van der Waals surface area contributed by atoms with E-state index < -0.39 is 12.6 Å². The van der Waals surface area contributed by atoms with Gasteiger partial charge in [-0.2, -0.15) is 18.4 Å². The molecule has 0 spiro atoms. The third kappa shape index (κ3) is 4.49. The topological polar surface area (TPSA) is 27.0 Å². The van der Waals surface area contributed by atoms with Gasteiger partial charge in [0.2, 0.25) is 0 Å². The number of halogens is 3. The van der Waals surface area contributed by atoms with Gasteiger partial charge in [0.25, 0.3) is 0 Å². The van der Waals surface area contributed by atoms with Crippen molar-refractivity contribution in [2.75, 3.05) is 13.6 Å². The number of rotatable bonds is 4. The number of hydrogen-bond acceptors (Lipinski definition) is 2. The number of nitriles is 1. The van der Waals surface area contributed by atoms with Gasteiger partial charge >= 0.3 is 6.18 Å². The molecule has 1 aliphatic rings. The minimum absolute atomic E-state index is 0.0111. The van der Waals surface area contributed by atoms with Gasteiger partial charge in [-0.05, 0) is 32.2 Å². The Labute approximate surface area is 107 Å². The molecule has 0 heterocycles. The van der Waals surface area contributed by atoms with Crippen LogP contribution in [0.1, 0.15) is 39.0 Å². The predicted octanol–water partition coefficient (Wildman–Crippen LogP) is 3.59. The summed E-state index contributed by atoms with van der Waals surface area (Å²) in [6.07, 6.45) is -1.18. The standard InChI is InChI=1S/C13H21F3N2/c1-3-10-4-5-11(9-17)12(8-10)18(2)7-6-13(14,15)16/h10-12H,3-8H2,1-2H3. The van der Waals surface area contributed by atoms with E-state index in [1.54, 1.807) is 11.9 Å². The van der Waals surface area contributed by atoms with E-state index in [2.05, 4.69) is 13.0 Å². The van der Waals surface area contributed by atoms with E-state index in [1.165, 1.54) is 0 Å². The summed E-state index contributed by atoms with van der Waals surface area (Å²) in [5.74, 6) is 0.430. The largest absolute Gasteiger partial charge is 0.390 e. The van der Waals surface area contributed by atoms with Crippen LogP contribution in [-0.4, -0.2) is 30.7 Å². The first kappa shape index (κ1) is 15.3. The van der Waals surface area contributed by atoms with Crippen LogP contribution >= 0.6 is 0 Å². The maximum atomic E-state index is 12.2. The number of hydrogen-bond donors (Lipinski definition) is 0. The van der Waals surface area contributed by atoms with Gasteiger partial charge in [-0.1, -0.05) is 13.3 Å². The van der Waals surface area contributed by atoms with E-state index in [4.69, 9.17) is 5.26 Å². The molecule has 0 N–H and O–H groups in total. The Hall–Kier alpha value is -0.760. The first-order valence-corrected chi connectivity index (χ1v) is 6.54. The van der Waals surface area contributed by atoms with Gasteiger partial charge in [0.1, 0.15) is 0 Å². The second-order valence-corrected chi connectivity index (χ2v) is 5.24. The van der Waals surface area contributed by atoms with Crippen LogP contribution in [0.5, 0.6) is 0 Å². The fourth-order valence-corrected chi connectivity index (χ4v) is 2.71. The lowest BCUT2D eigenvalue weighted by molar-refractivity contribution is -0.139. The lowest BCUT2D eigenvalue weighted by atomic mass is 9.77. The summed E-state index contributed by atoms with van der Waals surface area (Å²) in [5.41, 5.74) is 0. The van der Waals surface area contributed by atoms with Crippen LogP contribution in [0.2, 0.25) is 0 Å². The summed E-state index contributed by atoms with van der Waals surface area (Å²) in [7, 11) is 1.71. The number of alkyl halides is 3. The van der Waals surface area contributed by atoms with Crippen molar-refractivity contribution in [3.63, 3.8) is 0 Å². The minimum atomic E-state index is -4.12. The highest BCUT2D eigenvalue weighted by molar-refractivity contribution is 4.96. The first-order chi connectivity index (χ1) is 8.37. The Bertz CT molecular complexity index is 296. The third-order valence-corrected chi connectivity index (χ3v) is 3.98. The molecule has 0 aromatic heterocycles. The molecule has 1 aliphatic carbocycles. The molecule has 2 nitrogen and oxygen atoms in total. The van der Waals surface area contributed by atoms with Crippen LogP contribution in [0.15, 0.2) is 0 Å². The van der Waals surface area contributed by atoms with E-state index in [9.17, 15) is 13.2 Å². The predicted molar refractivity (Wildman–Crippen MR) is 63.8 cm³/mol.